The molecule has 1 amide bonds. The van der Waals surface area contributed by atoms with Crippen molar-refractivity contribution < 1.29 is 23.1 Å². The second-order valence-corrected chi connectivity index (χ2v) is 10.2. The van der Waals surface area contributed by atoms with Gasteiger partial charge in [-0.2, -0.15) is 18.2 Å². The second-order valence-electron chi connectivity index (χ2n) is 10.2. The van der Waals surface area contributed by atoms with Crippen molar-refractivity contribution in [1.29, 1.82) is 0 Å². The van der Waals surface area contributed by atoms with Gasteiger partial charge in [0.25, 0.3) is 5.91 Å². The Morgan fingerprint density at radius 3 is 2.26 bits per heavy atom. The first-order valence-corrected chi connectivity index (χ1v) is 11.5. The van der Waals surface area contributed by atoms with Crippen LogP contribution in [0, 0.1) is 0 Å². The van der Waals surface area contributed by atoms with Gasteiger partial charge in [-0.3, -0.25) is 14.2 Å². The minimum absolute atomic E-state index is 0.170. The average molecular weight is 480 g/mol. The van der Waals surface area contributed by atoms with E-state index in [2.05, 4.69) is 32.7 Å². The third-order valence-electron chi connectivity index (χ3n) is 5.48. The molecule has 1 aromatic carbocycles. The molecule has 0 saturated heterocycles. The van der Waals surface area contributed by atoms with Gasteiger partial charge in [-0.05, 0) is 38.0 Å². The average Bonchev–Trinajstić information content (AvgIpc) is 3.01. The molecule has 2 rings (SSSR count). The summed E-state index contributed by atoms with van der Waals surface area (Å²) in [7, 11) is 1.90. The Hall–Kier alpha value is -2.61. The topological polar surface area (TPSA) is 59.5 Å². The number of hydrogen-bond donors (Lipinski definition) is 1. The Bertz CT molecular complexity index is 1110. The Morgan fingerprint density at radius 2 is 1.74 bits per heavy atom. The molecule has 0 aliphatic heterocycles. The molecule has 0 fully saturated rings. The third kappa shape index (κ3) is 7.19. The van der Waals surface area contributed by atoms with E-state index in [4.69, 9.17) is 0 Å². The molecular formula is C26H36F3N3O2. The fourth-order valence-electron chi connectivity index (χ4n) is 3.66. The number of hydrogen-bond acceptors (Lipinski definition) is 2. The minimum Gasteiger partial charge on any atom is -0.386 e. The van der Waals surface area contributed by atoms with E-state index in [0.717, 1.165) is 37.1 Å². The van der Waals surface area contributed by atoms with E-state index in [1.807, 2.05) is 22.5 Å². The fraction of sp³-hybridized carbons (Fsp3) is 0.538. The van der Waals surface area contributed by atoms with Crippen molar-refractivity contribution in [2.75, 3.05) is 0 Å². The lowest BCUT2D eigenvalue weighted by Crippen LogP contribution is -2.25. The van der Waals surface area contributed by atoms with Crippen LogP contribution < -0.4 is 5.49 Å². The Morgan fingerprint density at radius 1 is 1.09 bits per heavy atom. The van der Waals surface area contributed by atoms with Crippen LogP contribution in [0.2, 0.25) is 0 Å². The zero-order valence-corrected chi connectivity index (χ0v) is 21.1. The Labute approximate surface area is 199 Å². The van der Waals surface area contributed by atoms with Gasteiger partial charge in [-0.15, -0.1) is 0 Å². The smallest absolute Gasteiger partial charge is 0.386 e. The van der Waals surface area contributed by atoms with E-state index in [9.17, 15) is 23.1 Å². The van der Waals surface area contributed by atoms with Gasteiger partial charge in [0.05, 0.1) is 11.2 Å². The van der Waals surface area contributed by atoms with Gasteiger partial charge in [0.2, 0.25) is 0 Å². The van der Waals surface area contributed by atoms with E-state index in [0.29, 0.717) is 12.0 Å². The van der Waals surface area contributed by atoms with Crippen LogP contribution in [0.4, 0.5) is 13.2 Å². The van der Waals surface area contributed by atoms with Crippen LogP contribution in [0.1, 0.15) is 88.0 Å². The minimum atomic E-state index is -4.60. The van der Waals surface area contributed by atoms with Crippen molar-refractivity contribution in [1.82, 2.24) is 9.36 Å². The summed E-state index contributed by atoms with van der Waals surface area (Å²) in [5.74, 6) is -0.767. The second kappa shape index (κ2) is 10.3. The molecule has 0 unspecified atom stereocenters. The van der Waals surface area contributed by atoms with Crippen LogP contribution in [0.25, 0.3) is 6.08 Å². The molecule has 5 nitrogen and oxygen atoms in total. The largest absolute Gasteiger partial charge is 0.416 e. The first-order valence-electron chi connectivity index (χ1n) is 11.5. The first-order chi connectivity index (χ1) is 15.5. The highest BCUT2D eigenvalue weighted by atomic mass is 19.4. The van der Waals surface area contributed by atoms with E-state index in [1.54, 1.807) is 0 Å². The van der Waals surface area contributed by atoms with Crippen molar-refractivity contribution in [3.63, 3.8) is 0 Å². The molecule has 188 valence electrons. The summed E-state index contributed by atoms with van der Waals surface area (Å²) in [6.07, 6.45) is 1.21. The number of amides is 1. The predicted octanol–water partition coefficient (Wildman–Crippen LogP) is 5.86. The number of nitrogens with zero attached hydrogens (tertiary/aromatic N) is 3. The molecule has 0 atom stereocenters. The number of rotatable bonds is 7. The zero-order chi connectivity index (χ0) is 25.9. The van der Waals surface area contributed by atoms with E-state index >= 15 is 0 Å². The molecule has 0 bridgehead atoms. The summed E-state index contributed by atoms with van der Waals surface area (Å²) in [5, 5.41) is 9.99. The Kier molecular flexibility index (Phi) is 8.40. The molecule has 0 spiro atoms. The molecule has 1 N–H and O–H groups in total. The number of carbonyl (C=O) groups excluding carboxylic acids is 1. The fourth-order valence-corrected chi connectivity index (χ4v) is 3.66. The lowest BCUT2D eigenvalue weighted by Gasteiger charge is -2.20. The maximum Gasteiger partial charge on any atom is 0.416 e. The molecule has 2 aromatic rings. The summed E-state index contributed by atoms with van der Waals surface area (Å²) < 4.78 is 44.0. The first kappa shape index (κ1) is 27.6. The van der Waals surface area contributed by atoms with Crippen LogP contribution in [-0.2, 0) is 25.2 Å². The van der Waals surface area contributed by atoms with Crippen molar-refractivity contribution in [2.45, 2.75) is 84.5 Å². The molecule has 34 heavy (non-hydrogen) atoms. The van der Waals surface area contributed by atoms with Gasteiger partial charge < -0.3 is 5.11 Å². The van der Waals surface area contributed by atoms with Gasteiger partial charge >= 0.3 is 6.18 Å². The van der Waals surface area contributed by atoms with Crippen molar-refractivity contribution >= 4 is 12.0 Å². The maximum absolute atomic E-state index is 13.4. The summed E-state index contributed by atoms with van der Waals surface area (Å²) in [4.78, 5) is 17.5. The SMILES string of the molecule is CCCCCn1c(=NC(=O)c2cc(C(F)(F)F)ccc2/C=C/C(C)(C)O)cc(C(C)(C)C)n1C. The molecule has 0 radical (unpaired) electrons. The molecule has 1 heterocycles. The van der Waals surface area contributed by atoms with Crippen molar-refractivity contribution in [3.05, 3.63) is 58.2 Å². The number of benzene rings is 1. The normalized spacial score (nSPS) is 13.8. The third-order valence-corrected chi connectivity index (χ3v) is 5.48. The van der Waals surface area contributed by atoms with Gasteiger partial charge in [0.15, 0.2) is 5.49 Å². The molecule has 0 aliphatic rings. The molecular weight excluding hydrogens is 443 g/mol. The van der Waals surface area contributed by atoms with E-state index < -0.39 is 23.2 Å². The van der Waals surface area contributed by atoms with Gasteiger partial charge in [0, 0.05) is 36.3 Å². The van der Waals surface area contributed by atoms with Gasteiger partial charge in [0.1, 0.15) is 0 Å². The number of aliphatic hydroxyl groups is 1. The number of alkyl halides is 3. The summed E-state index contributed by atoms with van der Waals surface area (Å²) in [5.41, 5.74) is -0.876. The highest BCUT2D eigenvalue weighted by molar-refractivity contribution is 5.98. The number of carbonyl (C=O) groups is 1. The lowest BCUT2D eigenvalue weighted by molar-refractivity contribution is -0.137. The van der Waals surface area contributed by atoms with Gasteiger partial charge in [-0.25, -0.2) is 0 Å². The van der Waals surface area contributed by atoms with Crippen LogP contribution in [0.15, 0.2) is 35.3 Å². The highest BCUT2D eigenvalue weighted by Crippen LogP contribution is 2.31. The number of unbranched alkanes of at least 4 members (excludes halogenated alkanes) is 2. The monoisotopic (exact) mass is 479 g/mol. The molecule has 1 aromatic heterocycles. The number of halogens is 3. The Balaban J connectivity index is 2.68. The van der Waals surface area contributed by atoms with Gasteiger partial charge in [-0.1, -0.05) is 58.8 Å². The summed E-state index contributed by atoms with van der Waals surface area (Å²) >= 11 is 0. The van der Waals surface area contributed by atoms with Crippen LogP contribution >= 0.6 is 0 Å². The predicted molar refractivity (Wildman–Crippen MR) is 128 cm³/mol. The summed E-state index contributed by atoms with van der Waals surface area (Å²) in [6.45, 7) is 12.0. The molecule has 0 aliphatic carbocycles. The maximum atomic E-state index is 13.4. The number of aromatic nitrogens is 2. The van der Waals surface area contributed by atoms with Crippen molar-refractivity contribution in [2.24, 2.45) is 12.0 Å². The van der Waals surface area contributed by atoms with Crippen molar-refractivity contribution in [3.8, 4) is 0 Å². The van der Waals surface area contributed by atoms with Crippen LogP contribution in [0.3, 0.4) is 0 Å². The van der Waals surface area contributed by atoms with E-state index in [1.165, 1.54) is 32.1 Å². The standard InChI is InChI=1S/C26H36F3N3O2/c1-8-9-10-15-32-22(17-21(31(32)7)24(2,3)4)30-23(33)20-16-19(26(27,28)29)12-11-18(20)13-14-25(5,6)34/h11-14,16-17,34H,8-10,15H2,1-7H3/b14-13+,30-22?. The summed E-state index contributed by atoms with van der Waals surface area (Å²) in [6, 6.07) is 4.80. The quantitative estimate of drug-likeness (QED) is 0.506. The molecule has 0 saturated carbocycles. The van der Waals surface area contributed by atoms with E-state index in [-0.39, 0.29) is 16.5 Å². The van der Waals surface area contributed by atoms with Crippen LogP contribution in [0.5, 0.6) is 0 Å². The molecule has 8 heteroatoms. The highest BCUT2D eigenvalue weighted by Gasteiger charge is 2.31. The zero-order valence-electron chi connectivity index (χ0n) is 21.1. The lowest BCUT2D eigenvalue weighted by atomic mass is 9.92. The van der Waals surface area contributed by atoms with Crippen LogP contribution in [-0.4, -0.2) is 26.0 Å².